The molecular formula is C15H23N2O2P. The zero-order valence-electron chi connectivity index (χ0n) is 12.2. The summed E-state index contributed by atoms with van der Waals surface area (Å²) in [5.74, 6) is -0.369. The summed E-state index contributed by atoms with van der Waals surface area (Å²) in [4.78, 5) is 12.0. The van der Waals surface area contributed by atoms with Gasteiger partial charge in [0.25, 0.3) is 0 Å². The fraction of sp³-hybridized carbons (Fsp3) is 0.467. The van der Waals surface area contributed by atoms with E-state index in [2.05, 4.69) is 14.5 Å². The monoisotopic (exact) mass is 294 g/mol. The standard InChI is InChI=1S/C15H23N2O2P/c1-10(2)19-15(18)14(17-20)9-13(11(3)16)12-7-5-4-6-8-12/h4-8,10,13-14,16-17H,9,20H2,1-3H3. The number of hydrogen-bond donors (Lipinski definition) is 2. The molecule has 5 heteroatoms. The third-order valence-electron chi connectivity index (χ3n) is 3.03. The van der Waals surface area contributed by atoms with Crippen LogP contribution in [0.4, 0.5) is 0 Å². The Kier molecular flexibility index (Phi) is 6.83. The minimum absolute atomic E-state index is 0.0889. The van der Waals surface area contributed by atoms with Crippen molar-refractivity contribution in [3.8, 4) is 0 Å². The molecule has 0 heterocycles. The van der Waals surface area contributed by atoms with Gasteiger partial charge in [-0.15, -0.1) is 0 Å². The zero-order chi connectivity index (χ0) is 15.1. The zero-order valence-corrected chi connectivity index (χ0v) is 13.4. The summed E-state index contributed by atoms with van der Waals surface area (Å²) in [7, 11) is 2.36. The average Bonchev–Trinajstić information content (AvgIpc) is 2.39. The second-order valence-corrected chi connectivity index (χ2v) is 5.42. The number of nitrogens with one attached hydrogen (secondary N) is 2. The number of ether oxygens (including phenoxy) is 1. The van der Waals surface area contributed by atoms with Gasteiger partial charge in [0.1, 0.15) is 6.04 Å². The van der Waals surface area contributed by atoms with Crippen LogP contribution in [0, 0.1) is 5.41 Å². The van der Waals surface area contributed by atoms with Crippen LogP contribution >= 0.6 is 9.39 Å². The molecule has 0 spiro atoms. The Morgan fingerprint density at radius 3 is 2.40 bits per heavy atom. The topological polar surface area (TPSA) is 62.2 Å². The van der Waals surface area contributed by atoms with E-state index in [9.17, 15) is 4.79 Å². The van der Waals surface area contributed by atoms with Crippen LogP contribution < -0.4 is 5.09 Å². The summed E-state index contributed by atoms with van der Waals surface area (Å²) in [6, 6.07) is 9.36. The third kappa shape index (κ3) is 5.03. The molecule has 3 unspecified atom stereocenters. The maximum Gasteiger partial charge on any atom is 0.323 e. The molecule has 4 nitrogen and oxygen atoms in total. The molecule has 0 saturated heterocycles. The predicted molar refractivity (Wildman–Crippen MR) is 85.1 cm³/mol. The number of carbonyl (C=O) groups excluding carboxylic acids is 1. The van der Waals surface area contributed by atoms with Gasteiger partial charge in [-0.1, -0.05) is 39.7 Å². The van der Waals surface area contributed by atoms with Gasteiger partial charge in [-0.2, -0.15) is 0 Å². The highest BCUT2D eigenvalue weighted by Crippen LogP contribution is 2.23. The van der Waals surface area contributed by atoms with Gasteiger partial charge in [0, 0.05) is 11.6 Å². The summed E-state index contributed by atoms with van der Waals surface area (Å²) in [6.07, 6.45) is 0.369. The first-order valence-corrected chi connectivity index (χ1v) is 7.30. The lowest BCUT2D eigenvalue weighted by Crippen LogP contribution is -2.36. The van der Waals surface area contributed by atoms with Gasteiger partial charge in [0.2, 0.25) is 0 Å². The minimum atomic E-state index is -0.437. The van der Waals surface area contributed by atoms with E-state index < -0.39 is 6.04 Å². The van der Waals surface area contributed by atoms with Gasteiger partial charge >= 0.3 is 5.97 Å². The maximum absolute atomic E-state index is 12.0. The number of carbonyl (C=O) groups is 1. The minimum Gasteiger partial charge on any atom is -0.462 e. The molecule has 3 atom stereocenters. The van der Waals surface area contributed by atoms with Crippen LogP contribution in [0.3, 0.4) is 0 Å². The molecule has 1 aromatic carbocycles. The number of esters is 1. The normalized spacial score (nSPS) is 13.8. The largest absolute Gasteiger partial charge is 0.462 e. The molecule has 0 aliphatic carbocycles. The van der Waals surface area contributed by atoms with E-state index in [1.807, 2.05) is 44.2 Å². The first kappa shape index (κ1) is 16.8. The highest BCUT2D eigenvalue weighted by atomic mass is 31.0. The summed E-state index contributed by atoms with van der Waals surface area (Å²) >= 11 is 0. The average molecular weight is 294 g/mol. The quantitative estimate of drug-likeness (QED) is 0.462. The first-order chi connectivity index (χ1) is 9.45. The van der Waals surface area contributed by atoms with Crippen LogP contribution in [-0.4, -0.2) is 23.8 Å². The van der Waals surface area contributed by atoms with E-state index in [0.29, 0.717) is 12.1 Å². The van der Waals surface area contributed by atoms with Gasteiger partial charge in [-0.05, 0) is 32.8 Å². The SMILES string of the molecule is CC(=N)C(CC(NP)C(=O)OC(C)C)c1ccccc1. The van der Waals surface area contributed by atoms with Crippen molar-refractivity contribution in [2.45, 2.75) is 45.3 Å². The van der Waals surface area contributed by atoms with E-state index in [-0.39, 0.29) is 18.0 Å². The van der Waals surface area contributed by atoms with Crippen LogP contribution in [0.2, 0.25) is 0 Å². The van der Waals surface area contributed by atoms with Crippen molar-refractivity contribution >= 4 is 21.1 Å². The molecule has 1 rings (SSSR count). The summed E-state index contributed by atoms with van der Waals surface area (Å²) < 4.78 is 5.23. The number of benzene rings is 1. The van der Waals surface area contributed by atoms with E-state index in [1.165, 1.54) is 0 Å². The Hall–Kier alpha value is -1.25. The van der Waals surface area contributed by atoms with Crippen molar-refractivity contribution in [3.63, 3.8) is 0 Å². The first-order valence-electron chi connectivity index (χ1n) is 6.72. The van der Waals surface area contributed by atoms with E-state index in [4.69, 9.17) is 10.1 Å². The van der Waals surface area contributed by atoms with Crippen molar-refractivity contribution in [3.05, 3.63) is 35.9 Å². The molecule has 0 aromatic heterocycles. The Labute approximate surface area is 123 Å². The van der Waals surface area contributed by atoms with Crippen molar-refractivity contribution < 1.29 is 9.53 Å². The van der Waals surface area contributed by atoms with Crippen LogP contribution in [-0.2, 0) is 9.53 Å². The second kappa shape index (κ2) is 8.13. The molecule has 0 bridgehead atoms. The van der Waals surface area contributed by atoms with Gasteiger partial charge in [0.05, 0.1) is 6.10 Å². The Morgan fingerprint density at radius 2 is 1.95 bits per heavy atom. The predicted octanol–water partition coefficient (Wildman–Crippen LogP) is 2.90. The fourth-order valence-corrected chi connectivity index (χ4v) is 2.30. The van der Waals surface area contributed by atoms with Gasteiger partial charge in [0.15, 0.2) is 0 Å². The number of rotatable bonds is 7. The molecule has 0 saturated carbocycles. The molecule has 1 aromatic rings. The fourth-order valence-electron chi connectivity index (χ4n) is 2.03. The highest BCUT2D eigenvalue weighted by Gasteiger charge is 2.25. The Balaban J connectivity index is 2.84. The van der Waals surface area contributed by atoms with Crippen LogP contribution in [0.25, 0.3) is 0 Å². The third-order valence-corrected chi connectivity index (χ3v) is 3.44. The molecule has 20 heavy (non-hydrogen) atoms. The number of hydrogen-bond acceptors (Lipinski definition) is 4. The summed E-state index contributed by atoms with van der Waals surface area (Å²) in [6.45, 7) is 5.42. The van der Waals surface area contributed by atoms with Gasteiger partial charge in [-0.3, -0.25) is 9.88 Å². The molecule has 0 aliphatic heterocycles. The van der Waals surface area contributed by atoms with Crippen molar-refractivity contribution in [1.82, 2.24) is 5.09 Å². The molecule has 0 amide bonds. The Bertz CT molecular complexity index is 448. The van der Waals surface area contributed by atoms with Gasteiger partial charge in [-0.25, -0.2) is 0 Å². The van der Waals surface area contributed by atoms with Crippen LogP contribution in [0.15, 0.2) is 30.3 Å². The van der Waals surface area contributed by atoms with E-state index in [0.717, 1.165) is 5.56 Å². The van der Waals surface area contributed by atoms with Crippen molar-refractivity contribution in [2.75, 3.05) is 0 Å². The van der Waals surface area contributed by atoms with E-state index >= 15 is 0 Å². The lowest BCUT2D eigenvalue weighted by molar-refractivity contribution is -0.149. The van der Waals surface area contributed by atoms with Crippen molar-refractivity contribution in [2.24, 2.45) is 0 Å². The van der Waals surface area contributed by atoms with Crippen molar-refractivity contribution in [1.29, 1.82) is 5.41 Å². The maximum atomic E-state index is 12.0. The highest BCUT2D eigenvalue weighted by molar-refractivity contribution is 7.13. The lowest BCUT2D eigenvalue weighted by atomic mass is 9.89. The molecule has 110 valence electrons. The Morgan fingerprint density at radius 1 is 1.35 bits per heavy atom. The molecule has 0 radical (unpaired) electrons. The molecule has 0 fully saturated rings. The van der Waals surface area contributed by atoms with Crippen LogP contribution in [0.1, 0.15) is 38.7 Å². The summed E-state index contributed by atoms with van der Waals surface area (Å²) in [5.41, 5.74) is 1.58. The smallest absolute Gasteiger partial charge is 0.323 e. The molecule has 2 N–H and O–H groups in total. The molecule has 0 aliphatic rings. The van der Waals surface area contributed by atoms with E-state index in [1.54, 1.807) is 6.92 Å². The molecular weight excluding hydrogens is 271 g/mol. The second-order valence-electron chi connectivity index (χ2n) is 5.09. The summed E-state index contributed by atoms with van der Waals surface area (Å²) in [5, 5.41) is 10.9. The van der Waals surface area contributed by atoms with Crippen LogP contribution in [0.5, 0.6) is 0 Å². The van der Waals surface area contributed by atoms with Gasteiger partial charge < -0.3 is 10.1 Å². The lowest BCUT2D eigenvalue weighted by Gasteiger charge is -2.23.